The average Bonchev–Trinajstić information content (AvgIpc) is 3.05. The van der Waals surface area contributed by atoms with Crippen molar-refractivity contribution in [1.82, 2.24) is 9.55 Å². The molecule has 1 fully saturated rings. The molecule has 0 amide bonds. The van der Waals surface area contributed by atoms with Crippen molar-refractivity contribution in [3.63, 3.8) is 0 Å². The van der Waals surface area contributed by atoms with Crippen LogP contribution < -0.4 is 10.4 Å². The van der Waals surface area contributed by atoms with E-state index in [1.54, 1.807) is 11.6 Å². The first-order chi connectivity index (χ1) is 7.75. The fourth-order valence-electron chi connectivity index (χ4n) is 1.73. The highest BCUT2D eigenvalue weighted by molar-refractivity contribution is 5.81. The van der Waals surface area contributed by atoms with Crippen LogP contribution in [-0.2, 0) is 11.8 Å². The molecule has 1 aromatic carbocycles. The molecule has 1 N–H and O–H groups in total. The number of hydrogen-bond acceptors (Lipinski definition) is 3. The number of nitrogens with one attached hydrogen (secondary N) is 1. The highest BCUT2D eigenvalue weighted by Gasteiger charge is 2.23. The number of epoxide rings is 1. The average molecular weight is 220 g/mol. The van der Waals surface area contributed by atoms with Gasteiger partial charge in [0, 0.05) is 7.05 Å². The fraction of sp³-hybridized carbons (Fsp3) is 0.364. The lowest BCUT2D eigenvalue weighted by atomic mass is 10.3. The maximum atomic E-state index is 11.5. The van der Waals surface area contributed by atoms with Crippen molar-refractivity contribution in [2.45, 2.75) is 6.10 Å². The first-order valence-electron chi connectivity index (χ1n) is 5.18. The molecule has 0 radical (unpaired) electrons. The largest absolute Gasteiger partial charge is 0.489 e. The van der Waals surface area contributed by atoms with E-state index in [1.807, 2.05) is 18.2 Å². The summed E-state index contributed by atoms with van der Waals surface area (Å²) < 4.78 is 12.3. The summed E-state index contributed by atoms with van der Waals surface area (Å²) in [5.41, 5.74) is 1.46. The number of nitrogens with zero attached hydrogens (tertiary/aromatic N) is 1. The molecule has 1 unspecified atom stereocenters. The van der Waals surface area contributed by atoms with Gasteiger partial charge in [-0.3, -0.25) is 4.57 Å². The van der Waals surface area contributed by atoms with Crippen LogP contribution in [-0.4, -0.2) is 28.9 Å². The van der Waals surface area contributed by atoms with Crippen LogP contribution in [0.15, 0.2) is 23.0 Å². The van der Waals surface area contributed by atoms with Gasteiger partial charge in [-0.15, -0.1) is 0 Å². The summed E-state index contributed by atoms with van der Waals surface area (Å²) in [4.78, 5) is 14.2. The molecule has 1 aliphatic heterocycles. The third kappa shape index (κ3) is 1.49. The van der Waals surface area contributed by atoms with Gasteiger partial charge < -0.3 is 14.5 Å². The Morgan fingerprint density at radius 1 is 1.62 bits per heavy atom. The van der Waals surface area contributed by atoms with Crippen LogP contribution in [0.2, 0.25) is 0 Å². The van der Waals surface area contributed by atoms with Crippen LogP contribution >= 0.6 is 0 Å². The molecule has 1 saturated heterocycles. The van der Waals surface area contributed by atoms with Gasteiger partial charge in [-0.05, 0) is 12.1 Å². The molecule has 1 atom stereocenters. The number of ether oxygens (including phenoxy) is 2. The summed E-state index contributed by atoms with van der Waals surface area (Å²) >= 11 is 0. The van der Waals surface area contributed by atoms with E-state index in [4.69, 9.17) is 9.47 Å². The van der Waals surface area contributed by atoms with Gasteiger partial charge in [0.25, 0.3) is 0 Å². The van der Waals surface area contributed by atoms with Crippen molar-refractivity contribution in [3.05, 3.63) is 28.7 Å². The lowest BCUT2D eigenvalue weighted by Gasteiger charge is -2.06. The number of imidazole rings is 1. The van der Waals surface area contributed by atoms with Crippen LogP contribution in [0.1, 0.15) is 0 Å². The van der Waals surface area contributed by atoms with Gasteiger partial charge in [-0.2, -0.15) is 0 Å². The van der Waals surface area contributed by atoms with Crippen LogP contribution in [0, 0.1) is 0 Å². The number of para-hydroxylation sites is 1. The Labute approximate surface area is 91.6 Å². The van der Waals surface area contributed by atoms with Crippen molar-refractivity contribution in [3.8, 4) is 5.75 Å². The minimum absolute atomic E-state index is 0.131. The first-order valence-corrected chi connectivity index (χ1v) is 5.18. The van der Waals surface area contributed by atoms with E-state index in [0.717, 1.165) is 17.6 Å². The van der Waals surface area contributed by atoms with E-state index < -0.39 is 0 Å². The SMILES string of the molecule is Cn1c(=O)[nH]c2cccc(OCC3CO3)c21. The van der Waals surface area contributed by atoms with Crippen LogP contribution in [0.3, 0.4) is 0 Å². The summed E-state index contributed by atoms with van der Waals surface area (Å²) in [6.07, 6.45) is 0.214. The molecule has 0 aliphatic carbocycles. The van der Waals surface area contributed by atoms with Crippen molar-refractivity contribution >= 4 is 11.0 Å². The summed E-state index contributed by atoms with van der Waals surface area (Å²) in [6, 6.07) is 5.58. The maximum Gasteiger partial charge on any atom is 0.326 e. The number of rotatable bonds is 3. The quantitative estimate of drug-likeness (QED) is 0.772. The number of hydrogen-bond donors (Lipinski definition) is 1. The number of benzene rings is 1. The van der Waals surface area contributed by atoms with Gasteiger partial charge in [0.05, 0.1) is 12.1 Å². The molecule has 0 bridgehead atoms. The normalized spacial score (nSPS) is 18.9. The molecule has 16 heavy (non-hydrogen) atoms. The van der Waals surface area contributed by atoms with Crippen LogP contribution in [0.25, 0.3) is 11.0 Å². The zero-order chi connectivity index (χ0) is 11.1. The predicted molar refractivity (Wildman–Crippen MR) is 58.8 cm³/mol. The van der Waals surface area contributed by atoms with Crippen molar-refractivity contribution in [1.29, 1.82) is 0 Å². The molecule has 3 rings (SSSR count). The molecule has 1 aromatic heterocycles. The van der Waals surface area contributed by atoms with Crippen molar-refractivity contribution in [2.24, 2.45) is 7.05 Å². The number of aromatic nitrogens is 2. The zero-order valence-corrected chi connectivity index (χ0v) is 8.90. The van der Waals surface area contributed by atoms with E-state index in [2.05, 4.69) is 4.98 Å². The molecule has 0 spiro atoms. The Morgan fingerprint density at radius 2 is 2.44 bits per heavy atom. The molecular weight excluding hydrogens is 208 g/mol. The lowest BCUT2D eigenvalue weighted by Crippen LogP contribution is -2.12. The zero-order valence-electron chi connectivity index (χ0n) is 8.90. The Balaban J connectivity index is 2.04. The third-order valence-corrected chi connectivity index (χ3v) is 2.71. The van der Waals surface area contributed by atoms with Crippen molar-refractivity contribution in [2.75, 3.05) is 13.2 Å². The molecule has 5 nitrogen and oxygen atoms in total. The second-order valence-corrected chi connectivity index (χ2v) is 3.91. The Kier molecular flexibility index (Phi) is 2.00. The van der Waals surface area contributed by atoms with E-state index in [-0.39, 0.29) is 11.8 Å². The second kappa shape index (κ2) is 3.38. The van der Waals surface area contributed by atoms with Gasteiger partial charge >= 0.3 is 5.69 Å². The number of H-pyrrole nitrogens is 1. The van der Waals surface area contributed by atoms with Gasteiger partial charge in [-0.1, -0.05) is 6.07 Å². The molecule has 0 saturated carbocycles. The van der Waals surface area contributed by atoms with Crippen molar-refractivity contribution < 1.29 is 9.47 Å². The van der Waals surface area contributed by atoms with E-state index >= 15 is 0 Å². The Morgan fingerprint density at radius 3 is 3.19 bits per heavy atom. The van der Waals surface area contributed by atoms with Gasteiger partial charge in [0.2, 0.25) is 0 Å². The smallest absolute Gasteiger partial charge is 0.326 e. The highest BCUT2D eigenvalue weighted by atomic mass is 16.6. The predicted octanol–water partition coefficient (Wildman–Crippen LogP) is 0.644. The number of aryl methyl sites for hydroxylation is 1. The number of aromatic amines is 1. The van der Waals surface area contributed by atoms with Crippen LogP contribution in [0.5, 0.6) is 5.75 Å². The first kappa shape index (κ1) is 9.47. The van der Waals surface area contributed by atoms with E-state index in [9.17, 15) is 4.79 Å². The topological polar surface area (TPSA) is 59.5 Å². The summed E-state index contributed by atoms with van der Waals surface area (Å²) in [5, 5.41) is 0. The second-order valence-electron chi connectivity index (χ2n) is 3.91. The maximum absolute atomic E-state index is 11.5. The molecule has 1 aliphatic rings. The van der Waals surface area contributed by atoms with E-state index in [0.29, 0.717) is 12.4 Å². The molecule has 2 aromatic rings. The highest BCUT2D eigenvalue weighted by Crippen LogP contribution is 2.23. The molecule has 84 valence electrons. The standard InChI is InChI=1S/C11H12N2O3/c1-13-10-8(12-11(13)14)3-2-4-9(10)16-6-7-5-15-7/h2-4,7H,5-6H2,1H3,(H,12,14). The molecular formula is C11H12N2O3. The van der Waals surface area contributed by atoms with Gasteiger partial charge in [0.15, 0.2) is 0 Å². The summed E-state index contributed by atoms with van der Waals surface area (Å²) in [5.74, 6) is 0.717. The monoisotopic (exact) mass is 220 g/mol. The van der Waals surface area contributed by atoms with E-state index in [1.165, 1.54) is 0 Å². The fourth-order valence-corrected chi connectivity index (χ4v) is 1.73. The summed E-state index contributed by atoms with van der Waals surface area (Å²) in [7, 11) is 1.72. The summed E-state index contributed by atoms with van der Waals surface area (Å²) in [6.45, 7) is 1.31. The Hall–Kier alpha value is -1.75. The molecule has 2 heterocycles. The number of fused-ring (bicyclic) bond motifs is 1. The Bertz CT molecular complexity index is 580. The third-order valence-electron chi connectivity index (χ3n) is 2.71. The minimum atomic E-state index is -0.131. The van der Waals surface area contributed by atoms with Crippen LogP contribution in [0.4, 0.5) is 0 Å². The van der Waals surface area contributed by atoms with Gasteiger partial charge in [0.1, 0.15) is 24.0 Å². The van der Waals surface area contributed by atoms with Gasteiger partial charge in [-0.25, -0.2) is 4.79 Å². The lowest BCUT2D eigenvalue weighted by molar-refractivity contribution is 0.264. The minimum Gasteiger partial charge on any atom is -0.489 e. The molecule has 5 heteroatoms.